The topological polar surface area (TPSA) is 75.9 Å². The van der Waals surface area contributed by atoms with Crippen LogP contribution in [0.4, 0.5) is 34.1 Å². The van der Waals surface area contributed by atoms with E-state index in [1.54, 1.807) is 24.8 Å². The SMILES string of the molecule is [Pd+2].[Pt+2].[c-]1c(-c2ccccn2)cccc1N(c1[c-]c2c(cc1)c1ccc(N(c3[c-]c(-c4ccccn4)ccc3)c3ccccc3)[c-]c1n2-c1nccnn1)c1ccccc1. The number of nitrogens with zero attached hydrogens (tertiary/aromatic N) is 8. The van der Waals surface area contributed by atoms with E-state index in [0.29, 0.717) is 5.95 Å². The number of fused-ring (bicyclic) bond motifs is 3. The molecule has 286 valence electrons. The van der Waals surface area contributed by atoms with Crippen LogP contribution in [0.2, 0.25) is 0 Å². The Hall–Kier alpha value is -6.62. The summed E-state index contributed by atoms with van der Waals surface area (Å²) in [6.07, 6.45) is 6.82. The van der Waals surface area contributed by atoms with E-state index in [9.17, 15) is 0 Å². The van der Waals surface area contributed by atoms with Crippen molar-refractivity contribution < 1.29 is 41.5 Å². The van der Waals surface area contributed by atoms with Crippen LogP contribution in [0.1, 0.15) is 0 Å². The summed E-state index contributed by atoms with van der Waals surface area (Å²) in [4.78, 5) is 18.2. The van der Waals surface area contributed by atoms with Crippen LogP contribution >= 0.6 is 0 Å². The van der Waals surface area contributed by atoms with Crippen LogP contribution in [0.3, 0.4) is 0 Å². The molecule has 10 heteroatoms. The molecule has 0 radical (unpaired) electrons. The van der Waals surface area contributed by atoms with Crippen molar-refractivity contribution in [3.05, 3.63) is 207 Å². The van der Waals surface area contributed by atoms with E-state index in [4.69, 9.17) is 0 Å². The number of hydrogen-bond donors (Lipinski definition) is 0. The number of pyridine rings is 2. The molecule has 0 saturated carbocycles. The van der Waals surface area contributed by atoms with Crippen LogP contribution in [0.15, 0.2) is 183 Å². The second-order valence-electron chi connectivity index (χ2n) is 13.2. The average molecular weight is 1030 g/mol. The monoisotopic (exact) mass is 1030 g/mol. The van der Waals surface area contributed by atoms with Gasteiger partial charge in [0, 0.05) is 23.8 Å². The summed E-state index contributed by atoms with van der Waals surface area (Å²) in [5.41, 5.74) is 10.2. The predicted molar refractivity (Wildman–Crippen MR) is 225 cm³/mol. The summed E-state index contributed by atoms with van der Waals surface area (Å²) in [6.45, 7) is 0. The van der Waals surface area contributed by atoms with Gasteiger partial charge in [-0.05, 0) is 59.2 Å². The summed E-state index contributed by atoms with van der Waals surface area (Å²) in [5.74, 6) is 0.407. The van der Waals surface area contributed by atoms with E-state index >= 15 is 0 Å². The minimum Gasteiger partial charge on any atom is -0.352 e. The van der Waals surface area contributed by atoms with Gasteiger partial charge in [-0.15, -0.1) is 89.0 Å². The normalized spacial score (nSPS) is 10.8. The first-order chi connectivity index (χ1) is 28.3. The van der Waals surface area contributed by atoms with Crippen molar-refractivity contribution in [1.29, 1.82) is 0 Å². The molecule has 0 bridgehead atoms. The number of hydrogen-bond acceptors (Lipinski definition) is 7. The molecule has 0 unspecified atom stereocenters. The smallest absolute Gasteiger partial charge is 0.352 e. The van der Waals surface area contributed by atoms with Crippen molar-refractivity contribution in [2.24, 2.45) is 0 Å². The maximum atomic E-state index is 4.69. The molecule has 10 aromatic rings. The van der Waals surface area contributed by atoms with Gasteiger partial charge in [-0.3, -0.25) is 0 Å². The fraction of sp³-hybridized carbons (Fsp3) is 0. The van der Waals surface area contributed by atoms with Gasteiger partial charge in [0.05, 0.1) is 12.4 Å². The van der Waals surface area contributed by atoms with Gasteiger partial charge in [0.15, 0.2) is 0 Å². The molecule has 0 aliphatic heterocycles. The quantitative estimate of drug-likeness (QED) is 0.105. The summed E-state index contributed by atoms with van der Waals surface area (Å²) in [5, 5.41) is 10.7. The largest absolute Gasteiger partial charge is 2.00 e. The van der Waals surface area contributed by atoms with E-state index in [-0.39, 0.29) is 41.5 Å². The maximum absolute atomic E-state index is 4.69. The third kappa shape index (κ3) is 7.72. The number of anilines is 6. The first kappa shape index (κ1) is 39.2. The Morgan fingerprint density at radius 3 is 1.32 bits per heavy atom. The van der Waals surface area contributed by atoms with Crippen molar-refractivity contribution in [2.45, 2.75) is 0 Å². The predicted octanol–water partition coefficient (Wildman–Crippen LogP) is 11.2. The Balaban J connectivity index is 0.00000242. The van der Waals surface area contributed by atoms with E-state index in [2.05, 4.69) is 120 Å². The maximum Gasteiger partial charge on any atom is 2.00 e. The molecule has 4 aromatic heterocycles. The van der Waals surface area contributed by atoms with E-state index < -0.39 is 0 Å². The van der Waals surface area contributed by atoms with E-state index in [0.717, 1.165) is 78.4 Å². The second kappa shape index (κ2) is 17.5. The molecular weight excluding hydrogens is 1000 g/mol. The van der Waals surface area contributed by atoms with Crippen molar-refractivity contribution in [2.75, 3.05) is 9.80 Å². The Kier molecular flexibility index (Phi) is 11.6. The molecule has 0 amide bonds. The Morgan fingerprint density at radius 1 is 0.407 bits per heavy atom. The van der Waals surface area contributed by atoms with E-state index in [1.807, 2.05) is 102 Å². The zero-order valence-electron chi connectivity index (χ0n) is 31.0. The first-order valence-corrected chi connectivity index (χ1v) is 18.4. The molecule has 0 aliphatic rings. The van der Waals surface area contributed by atoms with Crippen molar-refractivity contribution in [3.8, 4) is 28.5 Å². The molecule has 0 N–H and O–H groups in total. The van der Waals surface area contributed by atoms with Gasteiger partial charge in [0.2, 0.25) is 0 Å². The summed E-state index contributed by atoms with van der Waals surface area (Å²) >= 11 is 0. The standard InChI is InChI=1S/C49H30N8.Pd.Pt/c1-3-15-37(16-4-1)55(39-19-11-13-35(31-39)45-21-7-9-27-50-45)41-23-25-43-44-26-24-42(34-48(44)57(47(43)33-41)49-52-29-30-53-54-49)56(38-17-5-2-6-18-38)40-20-12-14-36(32-40)46-22-8-10-28-51-46;;/h1-30H;;/q-4;2*+2. The molecule has 0 spiro atoms. The van der Waals surface area contributed by atoms with Gasteiger partial charge in [-0.1, -0.05) is 83.1 Å². The Labute approximate surface area is 369 Å². The molecular formula is C49H30N8PdPt. The van der Waals surface area contributed by atoms with Crippen LogP contribution in [-0.2, 0) is 41.5 Å². The fourth-order valence-corrected chi connectivity index (χ4v) is 7.13. The summed E-state index contributed by atoms with van der Waals surface area (Å²) < 4.78 is 1.99. The van der Waals surface area contributed by atoms with Crippen molar-refractivity contribution >= 4 is 55.9 Å². The Morgan fingerprint density at radius 2 is 0.881 bits per heavy atom. The number of aromatic nitrogens is 6. The fourth-order valence-electron chi connectivity index (χ4n) is 7.13. The summed E-state index contributed by atoms with van der Waals surface area (Å²) in [6, 6.07) is 67.7. The number of benzene rings is 6. The molecule has 0 saturated heterocycles. The third-order valence-corrected chi connectivity index (χ3v) is 9.66. The van der Waals surface area contributed by atoms with Crippen LogP contribution in [0, 0.1) is 24.3 Å². The van der Waals surface area contributed by atoms with Crippen molar-refractivity contribution in [3.63, 3.8) is 0 Å². The number of para-hydroxylation sites is 2. The summed E-state index contributed by atoms with van der Waals surface area (Å²) in [7, 11) is 0. The number of rotatable bonds is 9. The first-order valence-electron chi connectivity index (χ1n) is 18.4. The molecule has 8 nitrogen and oxygen atoms in total. The minimum absolute atomic E-state index is 0. The van der Waals surface area contributed by atoms with Crippen molar-refractivity contribution in [1.82, 2.24) is 29.7 Å². The van der Waals surface area contributed by atoms with Gasteiger partial charge in [-0.25, -0.2) is 4.98 Å². The van der Waals surface area contributed by atoms with Crippen LogP contribution < -0.4 is 9.80 Å². The van der Waals surface area contributed by atoms with Crippen LogP contribution in [-0.4, -0.2) is 29.7 Å². The van der Waals surface area contributed by atoms with Gasteiger partial charge in [-0.2, -0.15) is 28.0 Å². The Bertz CT molecular complexity index is 2790. The molecule has 0 aliphatic carbocycles. The molecule has 0 atom stereocenters. The van der Waals surface area contributed by atoms with Gasteiger partial charge < -0.3 is 24.3 Å². The minimum atomic E-state index is 0. The molecule has 4 heterocycles. The molecule has 0 fully saturated rings. The second-order valence-corrected chi connectivity index (χ2v) is 13.2. The van der Waals surface area contributed by atoms with Crippen LogP contribution in [0.25, 0.3) is 50.3 Å². The molecule has 59 heavy (non-hydrogen) atoms. The van der Waals surface area contributed by atoms with E-state index in [1.165, 1.54) is 0 Å². The zero-order chi connectivity index (χ0) is 38.0. The molecule has 10 rings (SSSR count). The van der Waals surface area contributed by atoms with Crippen LogP contribution in [0.5, 0.6) is 0 Å². The zero-order valence-corrected chi connectivity index (χ0v) is 34.9. The van der Waals surface area contributed by atoms with Gasteiger partial charge >= 0.3 is 41.5 Å². The van der Waals surface area contributed by atoms with Gasteiger partial charge in [0.1, 0.15) is 0 Å². The molecule has 6 aromatic carbocycles. The average Bonchev–Trinajstić information content (AvgIpc) is 3.61. The third-order valence-electron chi connectivity index (χ3n) is 9.66. The van der Waals surface area contributed by atoms with Gasteiger partial charge in [0.25, 0.3) is 5.95 Å².